The largest absolute Gasteiger partial charge is 0.383 e. The zero-order chi connectivity index (χ0) is 19.2. The highest BCUT2D eigenvalue weighted by atomic mass is 127. The van der Waals surface area contributed by atoms with Gasteiger partial charge in [-0.05, 0) is 19.4 Å². The zero-order valence-corrected chi connectivity index (χ0v) is 17.9. The molecule has 1 heterocycles. The van der Waals surface area contributed by atoms with E-state index in [0.29, 0.717) is 18.1 Å². The summed E-state index contributed by atoms with van der Waals surface area (Å²) in [6.45, 7) is 4.80. The molecule has 0 aliphatic rings. The number of rotatable bonds is 7. The molecule has 1 aromatic heterocycles. The van der Waals surface area contributed by atoms with Crippen molar-refractivity contribution in [3.8, 4) is 0 Å². The molecule has 1 unspecified atom stereocenters. The normalized spacial score (nSPS) is 13.4. The lowest BCUT2D eigenvalue weighted by Crippen LogP contribution is -2.44. The van der Waals surface area contributed by atoms with Crippen LogP contribution in [0.15, 0.2) is 41.7 Å². The minimum atomic E-state index is -1.12. The summed E-state index contributed by atoms with van der Waals surface area (Å²) in [7, 11) is 1.79. The van der Waals surface area contributed by atoms with E-state index in [0.717, 1.165) is 5.56 Å². The first-order valence-electron chi connectivity index (χ1n) is 8.29. The number of aliphatic hydroxyl groups is 1. The molecular weight excluding hydrogens is 463 g/mol. The maximum Gasteiger partial charge on any atom is 0.269 e. The molecule has 1 atom stereocenters. The Morgan fingerprint density at radius 3 is 2.78 bits per heavy atom. The molecule has 0 bridgehead atoms. The second-order valence-electron chi connectivity index (χ2n) is 6.15. The van der Waals surface area contributed by atoms with Crippen LogP contribution in [0.3, 0.4) is 0 Å². The Balaban J connectivity index is 0.00000364. The molecule has 0 fully saturated rings. The van der Waals surface area contributed by atoms with Gasteiger partial charge >= 0.3 is 0 Å². The number of aryl methyl sites for hydroxylation is 1. The molecule has 0 spiro atoms. The average Bonchev–Trinajstić information content (AvgIpc) is 3.05. The molecule has 0 radical (unpaired) electrons. The third kappa shape index (κ3) is 6.79. The van der Waals surface area contributed by atoms with E-state index in [1.54, 1.807) is 43.2 Å². The average molecular weight is 488 g/mol. The van der Waals surface area contributed by atoms with Crippen molar-refractivity contribution < 1.29 is 10.0 Å². The van der Waals surface area contributed by atoms with Crippen LogP contribution in [0, 0.1) is 10.1 Å². The number of nitrogens with one attached hydrogen (secondary N) is 2. The van der Waals surface area contributed by atoms with Gasteiger partial charge in [0.25, 0.3) is 5.69 Å². The van der Waals surface area contributed by atoms with E-state index in [-0.39, 0.29) is 42.8 Å². The standard InChI is InChI=1S/C17H24N6O3.HI/c1-4-18-16(19-9-13-6-5-7-15(8-13)23(25)26)20-12-17(2,24)14-10-21-22(3)11-14;/h5-8,10-11,24H,4,9,12H2,1-3H3,(H2,18,19,20);1H. The Labute approximate surface area is 175 Å². The summed E-state index contributed by atoms with van der Waals surface area (Å²) in [6.07, 6.45) is 3.38. The van der Waals surface area contributed by atoms with Crippen LogP contribution in [-0.4, -0.2) is 38.9 Å². The van der Waals surface area contributed by atoms with Crippen molar-refractivity contribution in [1.29, 1.82) is 0 Å². The number of benzene rings is 1. The van der Waals surface area contributed by atoms with Crippen molar-refractivity contribution in [2.45, 2.75) is 26.0 Å². The quantitative estimate of drug-likeness (QED) is 0.180. The van der Waals surface area contributed by atoms with E-state index < -0.39 is 10.5 Å². The van der Waals surface area contributed by atoms with Gasteiger partial charge in [-0.2, -0.15) is 5.10 Å². The van der Waals surface area contributed by atoms with Crippen LogP contribution < -0.4 is 10.6 Å². The fourth-order valence-electron chi connectivity index (χ4n) is 2.34. The van der Waals surface area contributed by atoms with Gasteiger partial charge in [0.15, 0.2) is 5.96 Å². The Morgan fingerprint density at radius 1 is 1.44 bits per heavy atom. The highest BCUT2D eigenvalue weighted by Gasteiger charge is 2.25. The molecule has 27 heavy (non-hydrogen) atoms. The molecule has 0 saturated carbocycles. The molecule has 9 nitrogen and oxygen atoms in total. The molecule has 0 saturated heterocycles. The lowest BCUT2D eigenvalue weighted by Gasteiger charge is -2.23. The molecular formula is C17H25IN6O3. The first-order valence-corrected chi connectivity index (χ1v) is 8.29. The predicted molar refractivity (Wildman–Crippen MR) is 114 cm³/mol. The van der Waals surface area contributed by atoms with Crippen molar-refractivity contribution >= 4 is 35.6 Å². The summed E-state index contributed by atoms with van der Waals surface area (Å²) < 4.78 is 1.63. The van der Waals surface area contributed by atoms with Crippen molar-refractivity contribution in [1.82, 2.24) is 20.4 Å². The summed E-state index contributed by atoms with van der Waals surface area (Å²) >= 11 is 0. The van der Waals surface area contributed by atoms with E-state index in [2.05, 4.69) is 20.7 Å². The maximum absolute atomic E-state index is 10.9. The molecule has 0 aliphatic carbocycles. The molecule has 2 rings (SSSR count). The summed E-state index contributed by atoms with van der Waals surface area (Å²) in [6, 6.07) is 6.36. The number of guanidine groups is 1. The minimum absolute atomic E-state index is 0. The number of hydrogen-bond donors (Lipinski definition) is 3. The first-order chi connectivity index (χ1) is 12.3. The molecule has 0 amide bonds. The Bertz CT molecular complexity index is 790. The minimum Gasteiger partial charge on any atom is -0.383 e. The second-order valence-corrected chi connectivity index (χ2v) is 6.15. The van der Waals surface area contributed by atoms with Crippen LogP contribution in [0.1, 0.15) is 25.0 Å². The van der Waals surface area contributed by atoms with E-state index in [4.69, 9.17) is 0 Å². The summed E-state index contributed by atoms with van der Waals surface area (Å²) in [4.78, 5) is 14.9. The van der Waals surface area contributed by atoms with Gasteiger partial charge in [0.05, 0.1) is 24.2 Å². The molecule has 3 N–H and O–H groups in total. The van der Waals surface area contributed by atoms with Crippen LogP contribution in [0.25, 0.3) is 0 Å². The van der Waals surface area contributed by atoms with Crippen molar-refractivity contribution in [2.75, 3.05) is 13.1 Å². The SMILES string of the molecule is CCNC(=NCc1cccc([N+](=O)[O-])c1)NCC(C)(O)c1cnn(C)c1.I. The molecule has 148 valence electrons. The van der Waals surface area contributed by atoms with Crippen molar-refractivity contribution in [3.05, 3.63) is 57.9 Å². The topological polar surface area (TPSA) is 118 Å². The maximum atomic E-state index is 10.9. The summed E-state index contributed by atoms with van der Waals surface area (Å²) in [5.41, 5.74) is 0.350. The first kappa shape index (κ1) is 22.8. The molecule has 10 heteroatoms. The Kier molecular flexibility index (Phi) is 8.63. The van der Waals surface area contributed by atoms with Gasteiger partial charge in [0.1, 0.15) is 5.60 Å². The Morgan fingerprint density at radius 2 is 2.19 bits per heavy atom. The highest BCUT2D eigenvalue weighted by molar-refractivity contribution is 14.0. The van der Waals surface area contributed by atoms with Gasteiger partial charge < -0.3 is 15.7 Å². The van der Waals surface area contributed by atoms with E-state index >= 15 is 0 Å². The number of aliphatic imine (C=N–C) groups is 1. The van der Waals surface area contributed by atoms with E-state index in [1.165, 1.54) is 12.1 Å². The predicted octanol–water partition coefficient (Wildman–Crippen LogP) is 1.91. The monoisotopic (exact) mass is 488 g/mol. The third-order valence-corrected chi connectivity index (χ3v) is 3.81. The smallest absolute Gasteiger partial charge is 0.269 e. The van der Waals surface area contributed by atoms with Gasteiger partial charge in [-0.25, -0.2) is 4.99 Å². The second kappa shape index (κ2) is 10.2. The molecule has 0 aliphatic heterocycles. The highest BCUT2D eigenvalue weighted by Crippen LogP contribution is 2.18. The number of aromatic nitrogens is 2. The molecule has 1 aromatic carbocycles. The van der Waals surface area contributed by atoms with E-state index in [9.17, 15) is 15.2 Å². The fourth-order valence-corrected chi connectivity index (χ4v) is 2.34. The van der Waals surface area contributed by atoms with Crippen LogP contribution in [0.5, 0.6) is 0 Å². The zero-order valence-electron chi connectivity index (χ0n) is 15.5. The van der Waals surface area contributed by atoms with Gasteiger partial charge in [0.2, 0.25) is 0 Å². The number of nitro benzene ring substituents is 1. The summed E-state index contributed by atoms with van der Waals surface area (Å²) in [5.74, 6) is 0.517. The number of non-ortho nitro benzene ring substituents is 1. The van der Waals surface area contributed by atoms with Crippen molar-refractivity contribution in [2.24, 2.45) is 12.0 Å². The van der Waals surface area contributed by atoms with Gasteiger partial charge in [-0.3, -0.25) is 14.8 Å². The van der Waals surface area contributed by atoms with Gasteiger partial charge in [0, 0.05) is 37.5 Å². The van der Waals surface area contributed by atoms with Gasteiger partial charge in [-0.1, -0.05) is 12.1 Å². The van der Waals surface area contributed by atoms with Crippen LogP contribution in [0.2, 0.25) is 0 Å². The number of hydrogen-bond acceptors (Lipinski definition) is 5. The number of nitrogens with zero attached hydrogens (tertiary/aromatic N) is 4. The number of nitro groups is 1. The Hall–Kier alpha value is -2.21. The lowest BCUT2D eigenvalue weighted by atomic mass is 10.00. The number of halogens is 1. The summed E-state index contributed by atoms with van der Waals surface area (Å²) in [5, 5.41) is 31.7. The fraction of sp³-hybridized carbons (Fsp3) is 0.412. The van der Waals surface area contributed by atoms with Crippen LogP contribution in [0.4, 0.5) is 5.69 Å². The molecule has 2 aromatic rings. The lowest BCUT2D eigenvalue weighted by molar-refractivity contribution is -0.384. The van der Waals surface area contributed by atoms with Crippen molar-refractivity contribution in [3.63, 3.8) is 0 Å². The van der Waals surface area contributed by atoms with Crippen LogP contribution in [-0.2, 0) is 19.2 Å². The third-order valence-electron chi connectivity index (χ3n) is 3.81. The van der Waals surface area contributed by atoms with Gasteiger partial charge in [-0.15, -0.1) is 24.0 Å². The van der Waals surface area contributed by atoms with E-state index in [1.807, 2.05) is 6.92 Å². The van der Waals surface area contributed by atoms with Crippen LogP contribution >= 0.6 is 24.0 Å².